The van der Waals surface area contributed by atoms with E-state index in [4.69, 9.17) is 0 Å². The van der Waals surface area contributed by atoms with Crippen molar-refractivity contribution in [3.63, 3.8) is 0 Å². The second-order valence-electron chi connectivity index (χ2n) is 5.38. The minimum absolute atomic E-state index is 0.127. The molecular formula is C14H29NO. The van der Waals surface area contributed by atoms with Crippen molar-refractivity contribution in [3.05, 3.63) is 0 Å². The third kappa shape index (κ3) is 5.31. The van der Waals surface area contributed by atoms with Crippen LogP contribution in [0.4, 0.5) is 0 Å². The molecule has 1 rings (SSSR count). The molecule has 0 radical (unpaired) electrons. The molecule has 2 N–H and O–H groups in total. The highest BCUT2D eigenvalue weighted by atomic mass is 16.3. The maximum Gasteiger partial charge on any atom is 0.0667 e. The molecule has 0 bridgehead atoms. The van der Waals surface area contributed by atoms with Crippen LogP contribution in [0, 0.1) is 11.8 Å². The Morgan fingerprint density at radius 2 is 1.75 bits per heavy atom. The fraction of sp³-hybridized carbons (Fsp3) is 1.00. The molecule has 1 aliphatic carbocycles. The van der Waals surface area contributed by atoms with E-state index in [0.29, 0.717) is 0 Å². The lowest BCUT2D eigenvalue weighted by molar-refractivity contribution is 0.139. The van der Waals surface area contributed by atoms with E-state index in [1.165, 1.54) is 38.5 Å². The predicted molar refractivity (Wildman–Crippen MR) is 69.5 cm³/mol. The Bertz CT molecular complexity index is 162. The molecule has 1 saturated carbocycles. The Hall–Kier alpha value is -0.0800. The highest BCUT2D eigenvalue weighted by Crippen LogP contribution is 2.28. The molecule has 0 heterocycles. The van der Waals surface area contributed by atoms with Gasteiger partial charge in [0.25, 0.3) is 0 Å². The zero-order chi connectivity index (χ0) is 11.8. The Morgan fingerprint density at radius 1 is 1.12 bits per heavy atom. The first-order chi connectivity index (χ1) is 7.76. The van der Waals surface area contributed by atoms with Gasteiger partial charge in [-0.3, -0.25) is 0 Å². The molecule has 96 valence electrons. The summed E-state index contributed by atoms with van der Waals surface area (Å²) in [6.07, 6.45) is 8.78. The maximum atomic E-state index is 9.91. The molecule has 0 aromatic rings. The van der Waals surface area contributed by atoms with Gasteiger partial charge in [-0.2, -0.15) is 0 Å². The van der Waals surface area contributed by atoms with Gasteiger partial charge in [-0.25, -0.2) is 0 Å². The molecular weight excluding hydrogens is 198 g/mol. The number of hydrogen-bond donors (Lipinski definition) is 2. The molecule has 1 fully saturated rings. The Morgan fingerprint density at radius 3 is 2.31 bits per heavy atom. The Balaban J connectivity index is 2.02. The molecule has 0 aromatic carbocycles. The van der Waals surface area contributed by atoms with E-state index >= 15 is 0 Å². The number of aliphatic hydroxyl groups is 1. The Labute approximate surface area is 101 Å². The number of aliphatic hydroxyl groups excluding tert-OH is 1. The summed E-state index contributed by atoms with van der Waals surface area (Å²) in [6, 6.07) is 0. The fourth-order valence-electron chi connectivity index (χ4n) is 2.75. The second kappa shape index (κ2) is 8.08. The van der Waals surface area contributed by atoms with Crippen LogP contribution in [-0.2, 0) is 0 Å². The van der Waals surface area contributed by atoms with Gasteiger partial charge in [0, 0.05) is 6.54 Å². The van der Waals surface area contributed by atoms with E-state index in [1.807, 2.05) is 0 Å². The van der Waals surface area contributed by atoms with E-state index in [1.54, 1.807) is 0 Å². The molecule has 0 amide bonds. The highest BCUT2D eigenvalue weighted by molar-refractivity contribution is 4.72. The molecule has 0 aliphatic heterocycles. The summed E-state index contributed by atoms with van der Waals surface area (Å²) in [5.74, 6) is 1.57. The average Bonchev–Trinajstić information content (AvgIpc) is 2.77. The van der Waals surface area contributed by atoms with Crippen LogP contribution in [0.1, 0.15) is 58.8 Å². The summed E-state index contributed by atoms with van der Waals surface area (Å²) in [5, 5.41) is 13.3. The second-order valence-corrected chi connectivity index (χ2v) is 5.38. The van der Waals surface area contributed by atoms with E-state index < -0.39 is 0 Å². The van der Waals surface area contributed by atoms with Crippen LogP contribution >= 0.6 is 0 Å². The number of nitrogens with one attached hydrogen (secondary N) is 1. The van der Waals surface area contributed by atoms with Crippen molar-refractivity contribution in [2.75, 3.05) is 13.1 Å². The molecule has 2 nitrogen and oxygen atoms in total. The first-order valence-corrected chi connectivity index (χ1v) is 7.15. The van der Waals surface area contributed by atoms with Gasteiger partial charge in [0.1, 0.15) is 0 Å². The van der Waals surface area contributed by atoms with Crippen molar-refractivity contribution in [2.45, 2.75) is 64.9 Å². The lowest BCUT2D eigenvalue weighted by Gasteiger charge is -2.18. The number of rotatable bonds is 8. The van der Waals surface area contributed by atoms with Crippen molar-refractivity contribution in [3.8, 4) is 0 Å². The minimum Gasteiger partial charge on any atom is -0.392 e. The zero-order valence-electron chi connectivity index (χ0n) is 11.0. The van der Waals surface area contributed by atoms with Crippen LogP contribution in [0.2, 0.25) is 0 Å². The van der Waals surface area contributed by atoms with Gasteiger partial charge in [-0.15, -0.1) is 0 Å². The first-order valence-electron chi connectivity index (χ1n) is 7.15. The number of hydrogen-bond acceptors (Lipinski definition) is 2. The van der Waals surface area contributed by atoms with Gasteiger partial charge < -0.3 is 10.4 Å². The van der Waals surface area contributed by atoms with Crippen molar-refractivity contribution in [1.29, 1.82) is 0 Å². The Kier molecular flexibility index (Phi) is 7.06. The topological polar surface area (TPSA) is 32.3 Å². The monoisotopic (exact) mass is 227 g/mol. The van der Waals surface area contributed by atoms with Crippen LogP contribution in [0.15, 0.2) is 0 Å². The van der Waals surface area contributed by atoms with Gasteiger partial charge in [0.2, 0.25) is 0 Å². The van der Waals surface area contributed by atoms with Crippen LogP contribution < -0.4 is 5.32 Å². The molecule has 1 atom stereocenters. The first kappa shape index (κ1) is 14.0. The smallest absolute Gasteiger partial charge is 0.0667 e. The summed E-state index contributed by atoms with van der Waals surface area (Å²) in [4.78, 5) is 0. The van der Waals surface area contributed by atoms with Crippen LogP contribution in [0.3, 0.4) is 0 Å². The third-order valence-corrected chi connectivity index (χ3v) is 4.05. The molecule has 1 unspecified atom stereocenters. The summed E-state index contributed by atoms with van der Waals surface area (Å²) >= 11 is 0. The van der Waals surface area contributed by atoms with Crippen molar-refractivity contribution < 1.29 is 5.11 Å². The molecule has 0 spiro atoms. The molecule has 0 saturated heterocycles. The van der Waals surface area contributed by atoms with Gasteiger partial charge >= 0.3 is 0 Å². The molecule has 16 heavy (non-hydrogen) atoms. The molecule has 1 aliphatic rings. The summed E-state index contributed by atoms with van der Waals surface area (Å²) in [5.41, 5.74) is 0. The lowest BCUT2D eigenvalue weighted by Crippen LogP contribution is -2.31. The zero-order valence-corrected chi connectivity index (χ0v) is 11.0. The molecule has 0 aromatic heterocycles. The summed E-state index contributed by atoms with van der Waals surface area (Å²) in [7, 11) is 0. The summed E-state index contributed by atoms with van der Waals surface area (Å²) < 4.78 is 0. The quantitative estimate of drug-likeness (QED) is 0.668. The van der Waals surface area contributed by atoms with Gasteiger partial charge in [0.05, 0.1) is 6.10 Å². The van der Waals surface area contributed by atoms with E-state index in [2.05, 4.69) is 19.2 Å². The maximum absolute atomic E-state index is 9.91. The highest BCUT2D eigenvalue weighted by Gasteiger charge is 2.18. The SMILES string of the molecule is CCC(CC)CNCC(O)CC1CCCC1. The standard InChI is InChI=1S/C14H29NO/c1-3-12(4-2)10-15-11-14(16)9-13-7-5-6-8-13/h12-16H,3-11H2,1-2H3. The van der Waals surface area contributed by atoms with E-state index in [0.717, 1.165) is 31.3 Å². The van der Waals surface area contributed by atoms with Crippen LogP contribution in [0.25, 0.3) is 0 Å². The van der Waals surface area contributed by atoms with E-state index in [9.17, 15) is 5.11 Å². The van der Waals surface area contributed by atoms with Crippen LogP contribution in [-0.4, -0.2) is 24.3 Å². The van der Waals surface area contributed by atoms with Crippen molar-refractivity contribution >= 4 is 0 Å². The van der Waals surface area contributed by atoms with Crippen LogP contribution in [0.5, 0.6) is 0 Å². The van der Waals surface area contributed by atoms with Gasteiger partial charge in [0.15, 0.2) is 0 Å². The predicted octanol–water partition coefficient (Wildman–Crippen LogP) is 2.95. The lowest BCUT2D eigenvalue weighted by atomic mass is 9.99. The summed E-state index contributed by atoms with van der Waals surface area (Å²) in [6.45, 7) is 6.33. The normalized spacial score (nSPS) is 19.5. The molecule has 2 heteroatoms. The largest absolute Gasteiger partial charge is 0.392 e. The van der Waals surface area contributed by atoms with Gasteiger partial charge in [-0.05, 0) is 24.8 Å². The van der Waals surface area contributed by atoms with Gasteiger partial charge in [-0.1, -0.05) is 52.4 Å². The third-order valence-electron chi connectivity index (χ3n) is 4.05. The fourth-order valence-corrected chi connectivity index (χ4v) is 2.75. The van der Waals surface area contributed by atoms with E-state index in [-0.39, 0.29) is 6.10 Å². The van der Waals surface area contributed by atoms with Crippen molar-refractivity contribution in [1.82, 2.24) is 5.32 Å². The van der Waals surface area contributed by atoms with Crippen molar-refractivity contribution in [2.24, 2.45) is 11.8 Å². The average molecular weight is 227 g/mol. The minimum atomic E-state index is -0.127.